The van der Waals surface area contributed by atoms with Crippen LogP contribution >= 0.6 is 0 Å². The molecule has 2 N–H and O–H groups in total. The Balaban J connectivity index is 2.32. The van der Waals surface area contributed by atoms with E-state index >= 15 is 0 Å². The highest BCUT2D eigenvalue weighted by atomic mass is 14.7. The molecule has 0 saturated carbocycles. The molecular weight excluding hydrogens is 220 g/mol. The zero-order valence-corrected chi connectivity index (χ0v) is 11.2. The van der Waals surface area contributed by atoms with Crippen LogP contribution in [-0.2, 0) is 5.41 Å². The summed E-state index contributed by atoms with van der Waals surface area (Å²) in [5.74, 6) is 0. The summed E-state index contributed by atoms with van der Waals surface area (Å²) in [6, 6.07) is 14.4. The van der Waals surface area contributed by atoms with Crippen LogP contribution in [0.5, 0.6) is 0 Å². The minimum atomic E-state index is -0.113. The van der Waals surface area contributed by atoms with Crippen LogP contribution in [-0.4, -0.2) is 4.98 Å². The molecule has 18 heavy (non-hydrogen) atoms. The number of aromatic nitrogens is 1. The van der Waals surface area contributed by atoms with Crippen molar-refractivity contribution in [3.05, 3.63) is 65.5 Å². The van der Waals surface area contributed by atoms with Crippen molar-refractivity contribution in [2.75, 3.05) is 0 Å². The van der Waals surface area contributed by atoms with Crippen LogP contribution in [0.1, 0.15) is 36.7 Å². The summed E-state index contributed by atoms with van der Waals surface area (Å²) in [5.41, 5.74) is 9.65. The molecule has 2 nitrogen and oxygen atoms in total. The molecule has 1 heterocycles. The maximum Gasteiger partial charge on any atom is 0.0403 e. The lowest BCUT2D eigenvalue weighted by Gasteiger charge is -2.32. The molecule has 1 aromatic carbocycles. The first kappa shape index (κ1) is 12.8. The van der Waals surface area contributed by atoms with Crippen LogP contribution in [0.25, 0.3) is 0 Å². The highest BCUT2D eigenvalue weighted by Gasteiger charge is 2.29. The van der Waals surface area contributed by atoms with E-state index in [1.165, 1.54) is 5.56 Å². The summed E-state index contributed by atoms with van der Waals surface area (Å²) < 4.78 is 0. The smallest absolute Gasteiger partial charge is 0.0403 e. The second kappa shape index (κ2) is 4.91. The fraction of sp³-hybridized carbons (Fsp3) is 0.312. The monoisotopic (exact) mass is 240 g/mol. The molecule has 0 amide bonds. The maximum atomic E-state index is 6.41. The van der Waals surface area contributed by atoms with Crippen molar-refractivity contribution >= 4 is 0 Å². The van der Waals surface area contributed by atoms with Gasteiger partial charge in [0, 0.05) is 23.3 Å². The lowest BCUT2D eigenvalue weighted by Crippen LogP contribution is -2.33. The molecule has 0 aliphatic heterocycles. The molecule has 1 atom stereocenters. The molecule has 0 fully saturated rings. The molecule has 2 heteroatoms. The van der Waals surface area contributed by atoms with Gasteiger partial charge in [0.1, 0.15) is 0 Å². The Kier molecular flexibility index (Phi) is 3.48. The van der Waals surface area contributed by atoms with Crippen molar-refractivity contribution in [1.29, 1.82) is 0 Å². The SMILES string of the molecule is Cc1ccc(C(N)C(C)(C)c2ccccc2)cn1. The lowest BCUT2D eigenvalue weighted by molar-refractivity contribution is 0.420. The van der Waals surface area contributed by atoms with E-state index in [9.17, 15) is 0 Å². The Morgan fingerprint density at radius 3 is 2.28 bits per heavy atom. The molecule has 2 rings (SSSR count). The predicted molar refractivity (Wildman–Crippen MR) is 75.4 cm³/mol. The predicted octanol–water partition coefficient (Wildman–Crippen LogP) is 3.37. The normalized spacial score (nSPS) is 13.3. The van der Waals surface area contributed by atoms with E-state index in [1.54, 1.807) is 0 Å². The van der Waals surface area contributed by atoms with Gasteiger partial charge in [0.2, 0.25) is 0 Å². The van der Waals surface area contributed by atoms with Gasteiger partial charge in [-0.15, -0.1) is 0 Å². The second-order valence-corrected chi connectivity index (χ2v) is 5.30. The first-order valence-corrected chi connectivity index (χ1v) is 6.25. The van der Waals surface area contributed by atoms with Gasteiger partial charge in [-0.05, 0) is 24.1 Å². The number of nitrogens with zero attached hydrogens (tertiary/aromatic N) is 1. The van der Waals surface area contributed by atoms with Gasteiger partial charge < -0.3 is 5.73 Å². The van der Waals surface area contributed by atoms with Gasteiger partial charge in [-0.3, -0.25) is 4.98 Å². The molecule has 2 aromatic rings. The Hall–Kier alpha value is -1.67. The molecule has 0 spiro atoms. The van der Waals surface area contributed by atoms with Crippen molar-refractivity contribution in [3.8, 4) is 0 Å². The van der Waals surface area contributed by atoms with Gasteiger partial charge in [0.15, 0.2) is 0 Å². The molecular formula is C16H20N2. The molecule has 0 aliphatic rings. The van der Waals surface area contributed by atoms with Gasteiger partial charge in [-0.25, -0.2) is 0 Å². The number of rotatable bonds is 3. The van der Waals surface area contributed by atoms with Gasteiger partial charge in [0.05, 0.1) is 0 Å². The van der Waals surface area contributed by atoms with Crippen LogP contribution in [0.2, 0.25) is 0 Å². The number of pyridine rings is 1. The molecule has 94 valence electrons. The quantitative estimate of drug-likeness (QED) is 0.893. The topological polar surface area (TPSA) is 38.9 Å². The summed E-state index contributed by atoms with van der Waals surface area (Å²) in [4.78, 5) is 4.33. The number of nitrogens with two attached hydrogens (primary N) is 1. The van der Waals surface area contributed by atoms with E-state index in [0.29, 0.717) is 0 Å². The molecule has 0 radical (unpaired) electrons. The van der Waals surface area contributed by atoms with Gasteiger partial charge in [0.25, 0.3) is 0 Å². The molecule has 1 aromatic heterocycles. The Bertz CT molecular complexity index is 500. The van der Waals surface area contributed by atoms with Crippen molar-refractivity contribution < 1.29 is 0 Å². The number of hydrogen-bond donors (Lipinski definition) is 1. The van der Waals surface area contributed by atoms with Crippen LogP contribution in [0.4, 0.5) is 0 Å². The maximum absolute atomic E-state index is 6.41. The zero-order valence-electron chi connectivity index (χ0n) is 11.2. The van der Waals surface area contributed by atoms with Crippen molar-refractivity contribution in [2.24, 2.45) is 5.73 Å². The minimum absolute atomic E-state index is 0.0620. The Morgan fingerprint density at radius 1 is 1.06 bits per heavy atom. The highest BCUT2D eigenvalue weighted by molar-refractivity contribution is 5.30. The average Bonchev–Trinajstić information content (AvgIpc) is 2.40. The minimum Gasteiger partial charge on any atom is -0.323 e. The number of aryl methyl sites for hydroxylation is 1. The van der Waals surface area contributed by atoms with Crippen molar-refractivity contribution in [1.82, 2.24) is 4.98 Å². The first-order chi connectivity index (χ1) is 8.51. The van der Waals surface area contributed by atoms with Crippen molar-refractivity contribution in [3.63, 3.8) is 0 Å². The summed E-state index contributed by atoms with van der Waals surface area (Å²) in [5, 5.41) is 0. The van der Waals surface area contributed by atoms with E-state index in [1.807, 2.05) is 25.3 Å². The standard InChI is InChI=1S/C16H20N2/c1-12-9-10-13(11-18-12)15(17)16(2,3)14-7-5-4-6-8-14/h4-11,15H,17H2,1-3H3. The fourth-order valence-electron chi connectivity index (χ4n) is 2.13. The van der Waals surface area contributed by atoms with Gasteiger partial charge >= 0.3 is 0 Å². The summed E-state index contributed by atoms with van der Waals surface area (Å²) in [7, 11) is 0. The van der Waals surface area contributed by atoms with E-state index in [-0.39, 0.29) is 11.5 Å². The lowest BCUT2D eigenvalue weighted by atomic mass is 9.76. The van der Waals surface area contributed by atoms with Gasteiger partial charge in [-0.2, -0.15) is 0 Å². The van der Waals surface area contributed by atoms with E-state index in [4.69, 9.17) is 5.73 Å². The fourth-order valence-corrected chi connectivity index (χ4v) is 2.13. The summed E-state index contributed by atoms with van der Waals surface area (Å²) in [6.45, 7) is 6.33. The molecule has 0 bridgehead atoms. The molecule has 0 aliphatic carbocycles. The Labute approximate surface area is 109 Å². The van der Waals surface area contributed by atoms with Crippen LogP contribution < -0.4 is 5.73 Å². The van der Waals surface area contributed by atoms with E-state index in [2.05, 4.69) is 49.2 Å². The van der Waals surface area contributed by atoms with Crippen molar-refractivity contribution in [2.45, 2.75) is 32.2 Å². The number of benzene rings is 1. The number of hydrogen-bond acceptors (Lipinski definition) is 2. The first-order valence-electron chi connectivity index (χ1n) is 6.25. The van der Waals surface area contributed by atoms with E-state index < -0.39 is 0 Å². The van der Waals surface area contributed by atoms with Crippen LogP contribution in [0.3, 0.4) is 0 Å². The zero-order chi connectivity index (χ0) is 13.2. The highest BCUT2D eigenvalue weighted by Crippen LogP contribution is 2.34. The third-order valence-electron chi connectivity index (χ3n) is 3.59. The van der Waals surface area contributed by atoms with E-state index in [0.717, 1.165) is 11.3 Å². The van der Waals surface area contributed by atoms with Gasteiger partial charge in [-0.1, -0.05) is 50.2 Å². The summed E-state index contributed by atoms with van der Waals surface area (Å²) in [6.07, 6.45) is 1.88. The third kappa shape index (κ3) is 2.44. The second-order valence-electron chi connectivity index (χ2n) is 5.30. The molecule has 0 saturated heterocycles. The Morgan fingerprint density at radius 2 is 1.72 bits per heavy atom. The summed E-state index contributed by atoms with van der Waals surface area (Å²) >= 11 is 0. The van der Waals surface area contributed by atoms with Crippen LogP contribution in [0.15, 0.2) is 48.7 Å². The third-order valence-corrected chi connectivity index (χ3v) is 3.59. The average molecular weight is 240 g/mol. The largest absolute Gasteiger partial charge is 0.323 e. The molecule has 1 unspecified atom stereocenters. The van der Waals surface area contributed by atoms with Crippen LogP contribution in [0, 0.1) is 6.92 Å².